The van der Waals surface area contributed by atoms with E-state index in [9.17, 15) is 9.18 Å². The summed E-state index contributed by atoms with van der Waals surface area (Å²) in [4.78, 5) is 14.5. The van der Waals surface area contributed by atoms with Gasteiger partial charge in [-0.1, -0.05) is 36.4 Å². The van der Waals surface area contributed by atoms with Gasteiger partial charge in [-0.15, -0.1) is 0 Å². The van der Waals surface area contributed by atoms with Crippen LogP contribution in [0.3, 0.4) is 0 Å². The van der Waals surface area contributed by atoms with Gasteiger partial charge in [-0.05, 0) is 60.5 Å². The van der Waals surface area contributed by atoms with Crippen molar-refractivity contribution in [3.63, 3.8) is 0 Å². The Morgan fingerprint density at radius 1 is 1.00 bits per heavy atom. The predicted molar refractivity (Wildman–Crippen MR) is 123 cm³/mol. The van der Waals surface area contributed by atoms with Gasteiger partial charge in [-0.25, -0.2) is 9.18 Å². The van der Waals surface area contributed by atoms with E-state index in [1.165, 1.54) is 24.3 Å². The SMILES string of the molecule is COc1cc(CN(CCCN)C(=O)Nc2ccc(F)cc2)ccc1OCc1ccccc1. The van der Waals surface area contributed by atoms with Crippen LogP contribution in [-0.2, 0) is 13.2 Å². The molecule has 0 spiro atoms. The molecule has 0 saturated carbocycles. The van der Waals surface area contributed by atoms with Gasteiger partial charge in [0.15, 0.2) is 11.5 Å². The fourth-order valence-corrected chi connectivity index (χ4v) is 3.16. The lowest BCUT2D eigenvalue weighted by atomic mass is 10.1. The minimum Gasteiger partial charge on any atom is -0.493 e. The molecule has 0 aliphatic carbocycles. The number of nitrogens with zero attached hydrogens (tertiary/aromatic N) is 1. The largest absolute Gasteiger partial charge is 0.493 e. The molecule has 168 valence electrons. The van der Waals surface area contributed by atoms with Crippen LogP contribution in [0.4, 0.5) is 14.9 Å². The number of nitrogens with one attached hydrogen (secondary N) is 1. The summed E-state index contributed by atoms with van der Waals surface area (Å²) in [6, 6.07) is 20.9. The van der Waals surface area contributed by atoms with Crippen molar-refractivity contribution in [3.05, 3.63) is 89.7 Å². The van der Waals surface area contributed by atoms with Crippen LogP contribution in [0.15, 0.2) is 72.8 Å². The third kappa shape index (κ3) is 6.72. The van der Waals surface area contributed by atoms with Crippen molar-refractivity contribution in [2.24, 2.45) is 5.73 Å². The minimum atomic E-state index is -0.357. The van der Waals surface area contributed by atoms with E-state index in [0.717, 1.165) is 11.1 Å². The molecular formula is C25H28FN3O3. The predicted octanol–water partition coefficient (Wildman–Crippen LogP) is 4.80. The minimum absolute atomic E-state index is 0.284. The van der Waals surface area contributed by atoms with Crippen LogP contribution in [0.2, 0.25) is 0 Å². The molecule has 2 amide bonds. The summed E-state index contributed by atoms with van der Waals surface area (Å²) in [5.74, 6) is 0.866. The molecule has 3 aromatic carbocycles. The van der Waals surface area contributed by atoms with Crippen LogP contribution >= 0.6 is 0 Å². The van der Waals surface area contributed by atoms with Gasteiger partial charge in [0.1, 0.15) is 12.4 Å². The second-order valence-corrected chi connectivity index (χ2v) is 7.26. The second kappa shape index (κ2) is 11.7. The van der Waals surface area contributed by atoms with Crippen molar-refractivity contribution >= 4 is 11.7 Å². The number of halogens is 1. The van der Waals surface area contributed by atoms with E-state index in [4.69, 9.17) is 15.2 Å². The number of rotatable bonds is 10. The van der Waals surface area contributed by atoms with Crippen molar-refractivity contribution in [2.45, 2.75) is 19.6 Å². The topological polar surface area (TPSA) is 76.8 Å². The zero-order chi connectivity index (χ0) is 22.8. The zero-order valence-electron chi connectivity index (χ0n) is 18.1. The lowest BCUT2D eigenvalue weighted by Crippen LogP contribution is -2.36. The van der Waals surface area contributed by atoms with Gasteiger partial charge in [0.05, 0.1) is 7.11 Å². The molecule has 6 nitrogen and oxygen atoms in total. The smallest absolute Gasteiger partial charge is 0.322 e. The Balaban J connectivity index is 1.69. The van der Waals surface area contributed by atoms with Crippen LogP contribution < -0.4 is 20.5 Å². The quantitative estimate of drug-likeness (QED) is 0.478. The first-order chi connectivity index (χ1) is 15.6. The molecule has 0 aromatic heterocycles. The Labute approximate surface area is 187 Å². The Morgan fingerprint density at radius 3 is 2.44 bits per heavy atom. The number of anilines is 1. The zero-order valence-corrected chi connectivity index (χ0v) is 18.1. The molecule has 0 saturated heterocycles. The maximum Gasteiger partial charge on any atom is 0.322 e. The van der Waals surface area contributed by atoms with Gasteiger partial charge < -0.3 is 25.4 Å². The average molecular weight is 438 g/mol. The van der Waals surface area contributed by atoms with E-state index >= 15 is 0 Å². The number of ether oxygens (including phenoxy) is 2. The standard InChI is InChI=1S/C25H28FN3O3/c1-31-24-16-20(8-13-23(24)32-18-19-6-3-2-4-7-19)17-29(15-5-14-27)25(30)28-22-11-9-21(26)10-12-22/h2-4,6-13,16H,5,14-15,17-18,27H2,1H3,(H,28,30). The number of urea groups is 1. The number of nitrogens with two attached hydrogens (primary N) is 1. The maximum atomic E-state index is 13.1. The van der Waals surface area contributed by atoms with Crippen molar-refractivity contribution in [3.8, 4) is 11.5 Å². The number of carbonyl (C=O) groups is 1. The fourth-order valence-electron chi connectivity index (χ4n) is 3.16. The Kier molecular flexibility index (Phi) is 8.45. The fraction of sp³-hybridized carbons (Fsp3) is 0.240. The van der Waals surface area contributed by atoms with E-state index in [2.05, 4.69) is 5.32 Å². The van der Waals surface area contributed by atoms with Crippen molar-refractivity contribution in [1.82, 2.24) is 4.90 Å². The van der Waals surface area contributed by atoms with Crippen LogP contribution in [0.5, 0.6) is 11.5 Å². The number of hydrogen-bond acceptors (Lipinski definition) is 4. The monoisotopic (exact) mass is 437 g/mol. The summed E-state index contributed by atoms with van der Waals surface area (Å²) >= 11 is 0. The lowest BCUT2D eigenvalue weighted by molar-refractivity contribution is 0.208. The molecule has 0 fully saturated rings. The van der Waals surface area contributed by atoms with Gasteiger partial charge >= 0.3 is 6.03 Å². The number of benzene rings is 3. The van der Waals surface area contributed by atoms with Crippen LogP contribution in [-0.4, -0.2) is 31.1 Å². The lowest BCUT2D eigenvalue weighted by Gasteiger charge is -2.23. The van der Waals surface area contributed by atoms with Gasteiger partial charge in [0.2, 0.25) is 0 Å². The summed E-state index contributed by atoms with van der Waals surface area (Å²) in [5, 5.41) is 2.80. The number of amides is 2. The molecule has 0 bridgehead atoms. The van der Waals surface area contributed by atoms with E-state index in [0.29, 0.717) is 49.8 Å². The van der Waals surface area contributed by atoms with Crippen LogP contribution in [0, 0.1) is 5.82 Å². The first kappa shape index (κ1) is 23.1. The van der Waals surface area contributed by atoms with E-state index in [1.807, 2.05) is 48.5 Å². The van der Waals surface area contributed by atoms with Crippen molar-refractivity contribution < 1.29 is 18.7 Å². The summed E-state index contributed by atoms with van der Waals surface area (Å²) < 4.78 is 24.5. The highest BCUT2D eigenvalue weighted by Crippen LogP contribution is 2.29. The molecule has 3 aromatic rings. The summed E-state index contributed by atoms with van der Waals surface area (Å²) in [7, 11) is 1.59. The first-order valence-electron chi connectivity index (χ1n) is 10.4. The number of hydrogen-bond donors (Lipinski definition) is 2. The first-order valence-corrected chi connectivity index (χ1v) is 10.4. The van der Waals surface area contributed by atoms with E-state index in [1.54, 1.807) is 12.0 Å². The van der Waals surface area contributed by atoms with Gasteiger partial charge in [-0.3, -0.25) is 0 Å². The Morgan fingerprint density at radius 2 is 1.75 bits per heavy atom. The molecule has 0 radical (unpaired) electrons. The molecule has 0 heterocycles. The molecule has 3 N–H and O–H groups in total. The van der Waals surface area contributed by atoms with E-state index in [-0.39, 0.29) is 11.8 Å². The van der Waals surface area contributed by atoms with Gasteiger partial charge in [0, 0.05) is 18.8 Å². The maximum absolute atomic E-state index is 13.1. The average Bonchev–Trinajstić information content (AvgIpc) is 2.82. The van der Waals surface area contributed by atoms with Crippen molar-refractivity contribution in [1.29, 1.82) is 0 Å². The molecule has 0 unspecified atom stereocenters. The third-order valence-electron chi connectivity index (χ3n) is 4.85. The molecule has 0 aliphatic rings. The Hall–Kier alpha value is -3.58. The highest BCUT2D eigenvalue weighted by molar-refractivity contribution is 5.89. The highest BCUT2D eigenvalue weighted by atomic mass is 19.1. The molecular weight excluding hydrogens is 409 g/mol. The molecule has 3 rings (SSSR count). The summed E-state index contributed by atoms with van der Waals surface area (Å²) in [6.07, 6.45) is 0.659. The highest BCUT2D eigenvalue weighted by Gasteiger charge is 2.16. The summed E-state index contributed by atoms with van der Waals surface area (Å²) in [6.45, 7) is 1.75. The molecule has 0 atom stereocenters. The molecule has 7 heteroatoms. The normalized spacial score (nSPS) is 10.5. The van der Waals surface area contributed by atoms with E-state index < -0.39 is 0 Å². The Bertz CT molecular complexity index is 997. The molecule has 0 aliphatic heterocycles. The summed E-state index contributed by atoms with van der Waals surface area (Å²) in [5.41, 5.74) is 8.12. The molecule has 32 heavy (non-hydrogen) atoms. The number of carbonyl (C=O) groups excluding carboxylic acids is 1. The van der Waals surface area contributed by atoms with Crippen molar-refractivity contribution in [2.75, 3.05) is 25.5 Å². The van der Waals surface area contributed by atoms with Crippen LogP contribution in [0.1, 0.15) is 17.5 Å². The second-order valence-electron chi connectivity index (χ2n) is 7.26. The third-order valence-corrected chi connectivity index (χ3v) is 4.85. The van der Waals surface area contributed by atoms with Crippen LogP contribution in [0.25, 0.3) is 0 Å². The van der Waals surface area contributed by atoms with Gasteiger partial charge in [-0.2, -0.15) is 0 Å². The van der Waals surface area contributed by atoms with Gasteiger partial charge in [0.25, 0.3) is 0 Å². The number of methoxy groups -OCH3 is 1.